The SMILES string of the molecule is CNc1[nH]c(-c2ccc3cc[nH]c3c2)cc1C(N)=O.NC=O. The van der Waals surface area contributed by atoms with E-state index in [-0.39, 0.29) is 6.41 Å². The predicted molar refractivity (Wildman–Crippen MR) is 86.4 cm³/mol. The Labute approximate surface area is 126 Å². The third-order valence-corrected chi connectivity index (χ3v) is 3.20. The Morgan fingerprint density at radius 2 is 2.00 bits per heavy atom. The van der Waals surface area contributed by atoms with Crippen molar-refractivity contribution in [1.82, 2.24) is 9.97 Å². The number of rotatable bonds is 3. The molecule has 2 amide bonds. The first-order chi connectivity index (χ1) is 10.6. The highest BCUT2D eigenvalue weighted by atomic mass is 16.1. The summed E-state index contributed by atoms with van der Waals surface area (Å²) < 4.78 is 0. The fourth-order valence-electron chi connectivity index (χ4n) is 2.22. The summed E-state index contributed by atoms with van der Waals surface area (Å²) >= 11 is 0. The number of fused-ring (bicyclic) bond motifs is 1. The van der Waals surface area contributed by atoms with Gasteiger partial charge in [-0.3, -0.25) is 9.59 Å². The molecule has 0 unspecified atom stereocenters. The van der Waals surface area contributed by atoms with Crippen LogP contribution in [0.5, 0.6) is 0 Å². The molecule has 1 aromatic carbocycles. The molecule has 7 N–H and O–H groups in total. The number of anilines is 1. The van der Waals surface area contributed by atoms with Crippen molar-refractivity contribution in [1.29, 1.82) is 0 Å². The van der Waals surface area contributed by atoms with Gasteiger partial charge >= 0.3 is 0 Å². The number of nitrogens with one attached hydrogen (secondary N) is 3. The number of aromatic amines is 2. The minimum absolute atomic E-state index is 0.250. The molecule has 0 fully saturated rings. The molecule has 2 heterocycles. The number of benzene rings is 1. The molecule has 0 atom stereocenters. The van der Waals surface area contributed by atoms with Crippen LogP contribution >= 0.6 is 0 Å². The third kappa shape index (κ3) is 2.93. The maximum absolute atomic E-state index is 11.4. The summed E-state index contributed by atoms with van der Waals surface area (Å²) in [6.45, 7) is 0. The first-order valence-corrected chi connectivity index (χ1v) is 6.54. The first kappa shape index (κ1) is 15.2. The molecule has 0 aliphatic heterocycles. The first-order valence-electron chi connectivity index (χ1n) is 6.54. The summed E-state index contributed by atoms with van der Waals surface area (Å²) in [5.41, 5.74) is 12.9. The van der Waals surface area contributed by atoms with E-state index in [2.05, 4.69) is 21.0 Å². The number of H-pyrrole nitrogens is 2. The van der Waals surface area contributed by atoms with E-state index in [0.29, 0.717) is 11.4 Å². The van der Waals surface area contributed by atoms with Gasteiger partial charge in [0.1, 0.15) is 5.82 Å². The third-order valence-electron chi connectivity index (χ3n) is 3.20. The van der Waals surface area contributed by atoms with Crippen LogP contribution in [0, 0.1) is 0 Å². The number of amides is 2. The molecule has 0 bridgehead atoms. The highest BCUT2D eigenvalue weighted by Crippen LogP contribution is 2.27. The van der Waals surface area contributed by atoms with Gasteiger partial charge in [0.25, 0.3) is 5.91 Å². The van der Waals surface area contributed by atoms with Crippen LogP contribution in [0.1, 0.15) is 10.4 Å². The molecule has 3 rings (SSSR count). The number of nitrogens with two attached hydrogens (primary N) is 2. The van der Waals surface area contributed by atoms with E-state index in [9.17, 15) is 4.79 Å². The minimum atomic E-state index is -0.451. The van der Waals surface area contributed by atoms with E-state index in [4.69, 9.17) is 10.5 Å². The number of hydrogen-bond donors (Lipinski definition) is 5. The van der Waals surface area contributed by atoms with Crippen LogP contribution in [0.15, 0.2) is 36.5 Å². The predicted octanol–water partition coefficient (Wildman–Crippen LogP) is 1.41. The zero-order valence-electron chi connectivity index (χ0n) is 12.0. The van der Waals surface area contributed by atoms with Gasteiger partial charge < -0.3 is 26.8 Å². The van der Waals surface area contributed by atoms with Gasteiger partial charge in [0.2, 0.25) is 6.41 Å². The molecule has 0 saturated carbocycles. The van der Waals surface area contributed by atoms with Crippen molar-refractivity contribution in [2.75, 3.05) is 12.4 Å². The van der Waals surface area contributed by atoms with Gasteiger partial charge in [-0.15, -0.1) is 0 Å². The molecule has 0 radical (unpaired) electrons. The minimum Gasteiger partial charge on any atom is -0.374 e. The molecule has 22 heavy (non-hydrogen) atoms. The van der Waals surface area contributed by atoms with Gasteiger partial charge in [-0.05, 0) is 23.6 Å². The van der Waals surface area contributed by atoms with Crippen LogP contribution in [0.3, 0.4) is 0 Å². The van der Waals surface area contributed by atoms with Crippen LogP contribution in [-0.4, -0.2) is 29.3 Å². The van der Waals surface area contributed by atoms with E-state index < -0.39 is 5.91 Å². The molecule has 0 spiro atoms. The van der Waals surface area contributed by atoms with Crippen LogP contribution < -0.4 is 16.8 Å². The smallest absolute Gasteiger partial charge is 0.252 e. The van der Waals surface area contributed by atoms with Crippen molar-refractivity contribution in [3.8, 4) is 11.3 Å². The van der Waals surface area contributed by atoms with E-state index in [0.717, 1.165) is 22.2 Å². The second-order valence-electron chi connectivity index (χ2n) is 4.50. The van der Waals surface area contributed by atoms with Crippen LogP contribution in [-0.2, 0) is 4.79 Å². The van der Waals surface area contributed by atoms with Gasteiger partial charge in [-0.2, -0.15) is 0 Å². The average molecular weight is 299 g/mol. The normalized spacial score (nSPS) is 9.86. The van der Waals surface area contributed by atoms with Crippen LogP contribution in [0.2, 0.25) is 0 Å². The van der Waals surface area contributed by atoms with Crippen molar-refractivity contribution in [2.45, 2.75) is 0 Å². The molecule has 3 aromatic rings. The van der Waals surface area contributed by atoms with E-state index in [1.54, 1.807) is 13.1 Å². The quantitative estimate of drug-likeness (QED) is 0.469. The van der Waals surface area contributed by atoms with Gasteiger partial charge in [-0.25, -0.2) is 0 Å². The summed E-state index contributed by atoms with van der Waals surface area (Å²) in [5, 5.41) is 4.09. The monoisotopic (exact) mass is 299 g/mol. The van der Waals surface area contributed by atoms with Gasteiger partial charge in [0, 0.05) is 30.0 Å². The molecular formula is C15H17N5O2. The highest BCUT2D eigenvalue weighted by Gasteiger charge is 2.13. The summed E-state index contributed by atoms with van der Waals surface area (Å²) in [6, 6.07) is 9.85. The molecule has 7 nitrogen and oxygen atoms in total. The van der Waals surface area contributed by atoms with E-state index in [1.165, 1.54) is 0 Å². The Bertz CT molecular complexity index is 803. The lowest BCUT2D eigenvalue weighted by molar-refractivity contribution is -0.106. The zero-order valence-corrected chi connectivity index (χ0v) is 12.0. The number of hydrogen-bond acceptors (Lipinski definition) is 3. The van der Waals surface area contributed by atoms with Crippen molar-refractivity contribution >= 4 is 29.0 Å². The Morgan fingerprint density at radius 3 is 2.59 bits per heavy atom. The standard InChI is InChI=1S/C14H14N4O.CH3NO/c1-16-14-10(13(15)19)7-12(18-14)9-3-2-8-4-5-17-11(8)6-9;2-1-3/h2-7,16-18H,1H3,(H2,15,19);1H,(H2,2,3). The second-order valence-corrected chi connectivity index (χ2v) is 4.50. The molecule has 0 aliphatic rings. The topological polar surface area (TPSA) is 130 Å². The molecule has 7 heteroatoms. The number of carbonyl (C=O) groups excluding carboxylic acids is 2. The number of carbonyl (C=O) groups is 2. The van der Waals surface area contributed by atoms with Gasteiger partial charge in [0.15, 0.2) is 0 Å². The molecule has 114 valence electrons. The highest BCUT2D eigenvalue weighted by molar-refractivity contribution is 5.99. The number of aromatic nitrogens is 2. The van der Waals surface area contributed by atoms with Gasteiger partial charge in [0.05, 0.1) is 5.56 Å². The molecular weight excluding hydrogens is 282 g/mol. The fraction of sp³-hybridized carbons (Fsp3) is 0.0667. The Balaban J connectivity index is 0.000000545. The summed E-state index contributed by atoms with van der Waals surface area (Å²) in [7, 11) is 1.75. The molecule has 0 aliphatic carbocycles. The summed E-state index contributed by atoms with van der Waals surface area (Å²) in [6.07, 6.45) is 2.15. The lowest BCUT2D eigenvalue weighted by Crippen LogP contribution is -2.11. The van der Waals surface area contributed by atoms with Crippen LogP contribution in [0.4, 0.5) is 5.82 Å². The Morgan fingerprint density at radius 1 is 1.27 bits per heavy atom. The number of primary amides is 2. The fourth-order valence-corrected chi connectivity index (χ4v) is 2.22. The maximum Gasteiger partial charge on any atom is 0.252 e. The van der Waals surface area contributed by atoms with E-state index in [1.807, 2.05) is 30.5 Å². The van der Waals surface area contributed by atoms with E-state index >= 15 is 0 Å². The van der Waals surface area contributed by atoms with Gasteiger partial charge in [-0.1, -0.05) is 12.1 Å². The van der Waals surface area contributed by atoms with Crippen LogP contribution in [0.25, 0.3) is 22.2 Å². The van der Waals surface area contributed by atoms with Crippen molar-refractivity contribution in [2.24, 2.45) is 11.5 Å². The Hall–Kier alpha value is -3.22. The lowest BCUT2D eigenvalue weighted by atomic mass is 10.1. The second kappa shape index (κ2) is 6.49. The maximum atomic E-state index is 11.4. The summed E-state index contributed by atoms with van der Waals surface area (Å²) in [4.78, 5) is 26.3. The van der Waals surface area contributed by atoms with Crippen molar-refractivity contribution in [3.05, 3.63) is 42.1 Å². The molecule has 0 saturated heterocycles. The van der Waals surface area contributed by atoms with Crippen molar-refractivity contribution in [3.63, 3.8) is 0 Å². The Kier molecular flexibility index (Phi) is 4.47. The molecule has 2 aromatic heterocycles. The average Bonchev–Trinajstić information content (AvgIpc) is 3.13. The lowest BCUT2D eigenvalue weighted by Gasteiger charge is -1.99. The largest absolute Gasteiger partial charge is 0.374 e. The zero-order chi connectivity index (χ0) is 16.1. The van der Waals surface area contributed by atoms with Crippen molar-refractivity contribution < 1.29 is 9.59 Å². The summed E-state index contributed by atoms with van der Waals surface area (Å²) in [5.74, 6) is 0.182.